The summed E-state index contributed by atoms with van der Waals surface area (Å²) in [5.74, 6) is 0. The standard InChI is InChI=1S/C22H28O3Se/c1-3-20(24-17-23-2)19-12-7-8-13-21(19)26-16-22(14-9-15-25-22)18-10-5-4-6-11-18/h4-8,10-13,20H,3,9,14-17H2,1-2H3/t20-,22-/m0/s1. The minimum atomic E-state index is -0.122. The normalized spacial score (nSPS) is 21.0. The third kappa shape index (κ3) is 4.57. The van der Waals surface area contributed by atoms with Crippen LogP contribution in [0.3, 0.4) is 0 Å². The van der Waals surface area contributed by atoms with Gasteiger partial charge in [0.1, 0.15) is 0 Å². The van der Waals surface area contributed by atoms with Crippen LogP contribution in [-0.4, -0.2) is 35.5 Å². The molecule has 3 nitrogen and oxygen atoms in total. The van der Waals surface area contributed by atoms with Gasteiger partial charge in [0.2, 0.25) is 0 Å². The number of rotatable bonds is 9. The SMILES string of the molecule is CC[C@H](OCOC)c1ccccc1[Se]C[C@]1(c2ccccc2)CCCO1. The second kappa shape index (κ2) is 9.68. The molecule has 0 radical (unpaired) electrons. The Balaban J connectivity index is 1.78. The van der Waals surface area contributed by atoms with E-state index in [1.165, 1.54) is 15.6 Å². The molecule has 140 valence electrons. The molecular formula is C22H28O3Se. The Morgan fingerprint density at radius 2 is 1.88 bits per heavy atom. The molecule has 0 amide bonds. The maximum absolute atomic E-state index is 6.30. The molecule has 0 unspecified atom stereocenters. The van der Waals surface area contributed by atoms with Crippen LogP contribution in [0.4, 0.5) is 0 Å². The fourth-order valence-electron chi connectivity index (χ4n) is 3.51. The topological polar surface area (TPSA) is 27.7 Å². The molecule has 0 aromatic heterocycles. The van der Waals surface area contributed by atoms with E-state index in [0.29, 0.717) is 21.7 Å². The molecule has 2 aromatic carbocycles. The van der Waals surface area contributed by atoms with Crippen molar-refractivity contribution in [3.63, 3.8) is 0 Å². The van der Waals surface area contributed by atoms with Gasteiger partial charge in [-0.05, 0) is 0 Å². The van der Waals surface area contributed by atoms with Crippen molar-refractivity contribution in [2.24, 2.45) is 0 Å². The Labute approximate surface area is 163 Å². The maximum atomic E-state index is 6.30. The minimum absolute atomic E-state index is 0.0881. The molecule has 3 rings (SSSR count). The van der Waals surface area contributed by atoms with Gasteiger partial charge in [-0.3, -0.25) is 0 Å². The van der Waals surface area contributed by atoms with Crippen LogP contribution in [0.1, 0.15) is 43.4 Å². The molecule has 4 heteroatoms. The number of ether oxygens (including phenoxy) is 3. The van der Waals surface area contributed by atoms with Gasteiger partial charge in [-0.25, -0.2) is 0 Å². The van der Waals surface area contributed by atoms with Crippen molar-refractivity contribution in [2.45, 2.75) is 43.2 Å². The van der Waals surface area contributed by atoms with E-state index in [0.717, 1.165) is 31.2 Å². The van der Waals surface area contributed by atoms with Gasteiger partial charge < -0.3 is 0 Å². The van der Waals surface area contributed by atoms with Crippen molar-refractivity contribution in [2.75, 3.05) is 20.5 Å². The van der Waals surface area contributed by atoms with Crippen molar-refractivity contribution in [3.05, 3.63) is 65.7 Å². The van der Waals surface area contributed by atoms with E-state index in [-0.39, 0.29) is 11.7 Å². The molecule has 1 fully saturated rings. The summed E-state index contributed by atoms with van der Waals surface area (Å²) >= 11 is 0.320. The van der Waals surface area contributed by atoms with Gasteiger partial charge >= 0.3 is 163 Å². The van der Waals surface area contributed by atoms with Gasteiger partial charge in [0.15, 0.2) is 0 Å². The van der Waals surface area contributed by atoms with E-state index in [4.69, 9.17) is 14.2 Å². The van der Waals surface area contributed by atoms with Crippen LogP contribution in [0.15, 0.2) is 54.6 Å². The summed E-state index contributed by atoms with van der Waals surface area (Å²) in [4.78, 5) is 0. The first-order valence-electron chi connectivity index (χ1n) is 9.31. The van der Waals surface area contributed by atoms with E-state index in [2.05, 4.69) is 61.5 Å². The number of hydrogen-bond acceptors (Lipinski definition) is 3. The Morgan fingerprint density at radius 3 is 2.58 bits per heavy atom. The van der Waals surface area contributed by atoms with E-state index in [1.807, 2.05) is 0 Å². The fourth-order valence-corrected chi connectivity index (χ4v) is 6.29. The van der Waals surface area contributed by atoms with Crippen LogP contribution in [0, 0.1) is 0 Å². The summed E-state index contributed by atoms with van der Waals surface area (Å²) in [6, 6.07) is 19.4. The third-order valence-electron chi connectivity index (χ3n) is 4.89. The van der Waals surface area contributed by atoms with Crippen LogP contribution >= 0.6 is 0 Å². The van der Waals surface area contributed by atoms with E-state index >= 15 is 0 Å². The summed E-state index contributed by atoms with van der Waals surface area (Å²) < 4.78 is 18.7. The molecule has 0 spiro atoms. The molecule has 0 N–H and O–H groups in total. The number of benzene rings is 2. The van der Waals surface area contributed by atoms with Gasteiger partial charge in [-0.15, -0.1) is 0 Å². The van der Waals surface area contributed by atoms with Gasteiger partial charge in [-0.1, -0.05) is 0 Å². The van der Waals surface area contributed by atoms with Crippen LogP contribution in [0.2, 0.25) is 5.32 Å². The van der Waals surface area contributed by atoms with Crippen molar-refractivity contribution in [1.82, 2.24) is 0 Å². The Morgan fingerprint density at radius 1 is 1.12 bits per heavy atom. The summed E-state index contributed by atoms with van der Waals surface area (Å²) in [5, 5.41) is 1.06. The predicted octanol–water partition coefficient (Wildman–Crippen LogP) is 4.21. The Kier molecular flexibility index (Phi) is 7.30. The second-order valence-electron chi connectivity index (χ2n) is 6.61. The van der Waals surface area contributed by atoms with Gasteiger partial charge in [-0.2, -0.15) is 0 Å². The third-order valence-corrected chi connectivity index (χ3v) is 7.60. The molecule has 1 aliphatic rings. The zero-order chi connectivity index (χ0) is 18.2. The Bertz CT molecular complexity index is 668. The van der Waals surface area contributed by atoms with Crippen LogP contribution in [0.25, 0.3) is 0 Å². The van der Waals surface area contributed by atoms with Gasteiger partial charge in [0.25, 0.3) is 0 Å². The zero-order valence-electron chi connectivity index (χ0n) is 15.6. The average Bonchev–Trinajstić information content (AvgIpc) is 3.19. The molecule has 0 bridgehead atoms. The molecule has 1 saturated heterocycles. The number of hydrogen-bond donors (Lipinski definition) is 0. The summed E-state index contributed by atoms with van der Waals surface area (Å²) in [6.07, 6.45) is 3.28. The first-order chi connectivity index (χ1) is 12.8. The molecular weight excluding hydrogens is 391 g/mol. The molecule has 2 aromatic rings. The van der Waals surface area contributed by atoms with Gasteiger partial charge in [0.05, 0.1) is 0 Å². The van der Waals surface area contributed by atoms with E-state index in [9.17, 15) is 0 Å². The van der Waals surface area contributed by atoms with Gasteiger partial charge in [0, 0.05) is 0 Å². The van der Waals surface area contributed by atoms with Crippen molar-refractivity contribution < 1.29 is 14.2 Å². The van der Waals surface area contributed by atoms with Crippen molar-refractivity contribution in [1.29, 1.82) is 0 Å². The molecule has 0 saturated carbocycles. The molecule has 1 heterocycles. The molecule has 1 aliphatic heterocycles. The first-order valence-corrected chi connectivity index (χ1v) is 11.4. The Hall–Kier alpha value is -1.16. The van der Waals surface area contributed by atoms with E-state index < -0.39 is 0 Å². The van der Waals surface area contributed by atoms with Crippen LogP contribution < -0.4 is 4.46 Å². The van der Waals surface area contributed by atoms with Crippen LogP contribution in [0.5, 0.6) is 0 Å². The summed E-state index contributed by atoms with van der Waals surface area (Å²) in [5.41, 5.74) is 2.50. The molecule has 0 aliphatic carbocycles. The second-order valence-corrected chi connectivity index (χ2v) is 8.74. The summed E-state index contributed by atoms with van der Waals surface area (Å²) in [7, 11) is 1.67. The molecule has 2 atom stereocenters. The quantitative estimate of drug-likeness (QED) is 0.450. The van der Waals surface area contributed by atoms with E-state index in [1.54, 1.807) is 7.11 Å². The monoisotopic (exact) mass is 420 g/mol. The molecule has 26 heavy (non-hydrogen) atoms. The van der Waals surface area contributed by atoms with Crippen LogP contribution in [-0.2, 0) is 19.8 Å². The summed E-state index contributed by atoms with van der Waals surface area (Å²) in [6.45, 7) is 3.35. The predicted molar refractivity (Wildman–Crippen MR) is 106 cm³/mol. The fraction of sp³-hybridized carbons (Fsp3) is 0.455. The number of methoxy groups -OCH3 is 1. The first kappa shape index (κ1) is 19.6. The zero-order valence-corrected chi connectivity index (χ0v) is 17.4. The van der Waals surface area contributed by atoms with Crippen molar-refractivity contribution in [3.8, 4) is 0 Å². The average molecular weight is 419 g/mol. The van der Waals surface area contributed by atoms with Crippen molar-refractivity contribution >= 4 is 19.4 Å².